The van der Waals surface area contributed by atoms with Crippen molar-refractivity contribution in [2.75, 3.05) is 55.5 Å². The Morgan fingerprint density at radius 3 is 1.51 bits per heavy atom. The molecule has 1 aliphatic heterocycles. The smallest absolute Gasteiger partial charge is 0.331 e. The maximum atomic E-state index is 11.9. The van der Waals surface area contributed by atoms with Gasteiger partial charge in [0.1, 0.15) is 6.10 Å². The fourth-order valence-electron chi connectivity index (χ4n) is 5.41. The first-order chi connectivity index (χ1) is 33.5. The van der Waals surface area contributed by atoms with E-state index in [2.05, 4.69) is 17.9 Å². The first-order valence-electron chi connectivity index (χ1n) is 23.2. The van der Waals surface area contributed by atoms with Gasteiger partial charge < -0.3 is 39.1 Å². The Kier molecular flexibility index (Phi) is 46.3. The van der Waals surface area contributed by atoms with Crippen molar-refractivity contribution in [1.29, 1.82) is 0 Å². The van der Waals surface area contributed by atoms with Gasteiger partial charge in [-0.2, -0.15) is 0 Å². The molecule has 1 saturated heterocycles. The minimum atomic E-state index is -0.733. The van der Waals surface area contributed by atoms with Crippen molar-refractivity contribution < 1.29 is 43.6 Å². The van der Waals surface area contributed by atoms with Crippen LogP contribution < -0.4 is 0 Å². The number of ether oxygens (including phenoxy) is 3. The molecule has 1 fully saturated rings. The third kappa shape index (κ3) is 41.2. The predicted octanol–water partition coefficient (Wildman–Crippen LogP) is -9.38. The molecule has 0 unspecified atom stereocenters. The standard InChI is InChI=1S/C18H27NO5.C7H13NO2.C7H11NO2.B11.B10.B8/c1-14(6-8-16(20)19(2)3)24-17(21)9-7-15-5-4-10-18(13-15)22-11-12-23-18;2*1-6(9)4-5-7(10)8(2)3;1-7-10(6)11(8(2)3)9(4)5;1-7(2)10(8(3)4)9(5)6;1-6(2)8(5)7(3)4/h5,7,9,14H,4,6,8,10-13H2,1-3H3;4-6,9H,1-3H3;6,9H,1-3H3;;;/b9-7+;5-4-;;;;/t14-;2*6-;;;/m111.../s1. The summed E-state index contributed by atoms with van der Waals surface area (Å²) < 4.78 is 16.7. The fraction of sp³-hybridized carbons (Fsp3) is 0.625. The van der Waals surface area contributed by atoms with E-state index < -0.39 is 87.8 Å². The molecule has 0 aromatic rings. The van der Waals surface area contributed by atoms with Crippen LogP contribution in [0.5, 0.6) is 0 Å². The Morgan fingerprint density at radius 2 is 1.19 bits per heavy atom. The number of aliphatic hydroxyl groups excluding tert-OH is 2. The molecule has 2 N–H and O–H groups in total. The molecular weight excluding hydrogens is 884 g/mol. The van der Waals surface area contributed by atoms with Crippen LogP contribution in [-0.2, 0) is 33.4 Å². The highest BCUT2D eigenvalue weighted by Crippen LogP contribution is 2.36. The van der Waals surface area contributed by atoms with Crippen LogP contribution in [0.4, 0.5) is 0 Å². The number of esters is 1. The first-order valence-corrected chi connectivity index (χ1v) is 23.2. The molecular formula is C32H51B29N3O9. The Hall–Kier alpha value is -1.62. The van der Waals surface area contributed by atoms with Gasteiger partial charge >= 0.3 is 5.97 Å². The van der Waals surface area contributed by atoms with E-state index in [4.69, 9.17) is 156 Å². The van der Waals surface area contributed by atoms with Crippen LogP contribution in [-0.4, -0.2) is 337 Å². The van der Waals surface area contributed by atoms with Gasteiger partial charge in [-0.25, -0.2) is 4.79 Å². The average molecular weight is 935 g/mol. The molecule has 1 aliphatic carbocycles. The van der Waals surface area contributed by atoms with Gasteiger partial charge in [0.15, 0.2) is 5.79 Å². The van der Waals surface area contributed by atoms with Crippen LogP contribution in [0.3, 0.4) is 0 Å². The second kappa shape index (κ2) is 43.4. The first kappa shape index (κ1) is 77.9. The molecule has 335 valence electrons. The molecule has 3 amide bonds. The lowest BCUT2D eigenvalue weighted by molar-refractivity contribution is -0.162. The SMILES string of the molecule is C[C@@H](O)/C=C\C(=O)N(C)C.C[C@@H](O)C#CC(=O)N(C)C.C[C@H](CCC(=O)N(C)C)OC(=O)/C=C/C1=CCCC2(C1)OCCO2.[B]B([B])B(B([B])[B])B([B])[B].[B]B([B])B([B])B([B])[B].[B][B]B([B])B(B([B])[B])B([B])[B]. The van der Waals surface area contributed by atoms with Crippen LogP contribution in [0.2, 0.25) is 0 Å². The number of likely N-dealkylation sites (N-methyl/N-ethyl adjacent to an activating group) is 1. The maximum absolute atomic E-state index is 11.9. The van der Waals surface area contributed by atoms with E-state index in [-0.39, 0.29) is 30.2 Å². The molecule has 0 saturated carbocycles. The molecule has 0 bridgehead atoms. The van der Waals surface area contributed by atoms with Crippen LogP contribution in [0.25, 0.3) is 0 Å². The van der Waals surface area contributed by atoms with Crippen molar-refractivity contribution in [1.82, 2.24) is 14.7 Å². The molecule has 3 atom stereocenters. The third-order valence-electron chi connectivity index (χ3n) is 9.76. The van der Waals surface area contributed by atoms with Gasteiger partial charge in [0.05, 0.1) is 25.4 Å². The zero-order valence-corrected chi connectivity index (χ0v) is 44.4. The lowest BCUT2D eigenvalue weighted by Crippen LogP contribution is -2.63. The molecule has 1 heterocycles. The summed E-state index contributed by atoms with van der Waals surface area (Å²) in [6, 6.07) is 0. The summed E-state index contributed by atoms with van der Waals surface area (Å²) in [6.07, 6.45) is 3.42. The minimum absolute atomic E-state index is 0.0302. The topological polar surface area (TPSA) is 146 Å². The van der Waals surface area contributed by atoms with Gasteiger partial charge in [0, 0.05) is 283 Å². The molecule has 2 aliphatic rings. The van der Waals surface area contributed by atoms with E-state index in [1.54, 1.807) is 62.2 Å². The number of nitrogens with zero attached hydrogens (tertiary/aromatic N) is 3. The molecule has 0 aromatic carbocycles. The summed E-state index contributed by atoms with van der Waals surface area (Å²) in [5, 5.41) is 17.4. The number of aliphatic hydroxyl groups is 2. The predicted molar refractivity (Wildman–Crippen MR) is 334 cm³/mol. The lowest BCUT2D eigenvalue weighted by atomic mass is 8.56. The van der Waals surface area contributed by atoms with E-state index in [9.17, 15) is 19.2 Å². The summed E-state index contributed by atoms with van der Waals surface area (Å²) >= 11 is 0. The molecule has 35 radical (unpaired) electrons. The zero-order chi connectivity index (χ0) is 57.9. The largest absolute Gasteiger partial charge is 0.459 e. The van der Waals surface area contributed by atoms with Gasteiger partial charge in [0.2, 0.25) is 11.8 Å². The summed E-state index contributed by atoms with van der Waals surface area (Å²) in [6.45, 7) is 6.16. The minimum Gasteiger partial charge on any atom is -0.459 e. The van der Waals surface area contributed by atoms with Crippen molar-refractivity contribution in [3.05, 3.63) is 36.0 Å². The number of rotatable bonds is 17. The molecule has 12 nitrogen and oxygen atoms in total. The van der Waals surface area contributed by atoms with E-state index in [0.29, 0.717) is 32.5 Å². The number of hydrogen-bond donors (Lipinski definition) is 2. The van der Waals surface area contributed by atoms with Crippen molar-refractivity contribution in [3.8, 4) is 11.8 Å². The summed E-state index contributed by atoms with van der Waals surface area (Å²) in [5.41, 5.74) is 1.02. The summed E-state index contributed by atoms with van der Waals surface area (Å²) in [5.74, 6) is 3.34. The highest BCUT2D eigenvalue weighted by atomic mass is 16.7. The summed E-state index contributed by atoms with van der Waals surface area (Å²) in [4.78, 5) is 49.2. The van der Waals surface area contributed by atoms with Crippen molar-refractivity contribution in [3.63, 3.8) is 0 Å². The van der Waals surface area contributed by atoms with Crippen LogP contribution >= 0.6 is 0 Å². The van der Waals surface area contributed by atoms with Gasteiger partial charge in [-0.1, -0.05) is 24.1 Å². The van der Waals surface area contributed by atoms with E-state index in [1.807, 2.05) is 0 Å². The van der Waals surface area contributed by atoms with Crippen molar-refractivity contribution in [2.45, 2.75) is 77.0 Å². The Labute approximate surface area is 468 Å². The third-order valence-corrected chi connectivity index (χ3v) is 9.76. The Balaban J connectivity index is -0.000000417. The van der Waals surface area contributed by atoms with Gasteiger partial charge in [0.25, 0.3) is 5.91 Å². The second-order valence-corrected chi connectivity index (χ2v) is 17.5. The van der Waals surface area contributed by atoms with Gasteiger partial charge in [-0.15, -0.1) is 0 Å². The van der Waals surface area contributed by atoms with E-state index >= 15 is 0 Å². The summed E-state index contributed by atoms with van der Waals surface area (Å²) in [7, 11) is 101. The van der Waals surface area contributed by atoms with Crippen molar-refractivity contribution >= 4 is 233 Å². The number of carbonyl (C=O) groups excluding carboxylic acids is 4. The quantitative estimate of drug-likeness (QED) is 0.0630. The Bertz CT molecular complexity index is 1650. The highest BCUT2D eigenvalue weighted by Gasteiger charge is 2.38. The molecule has 0 aromatic heterocycles. The van der Waals surface area contributed by atoms with Gasteiger partial charge in [-0.05, 0) is 45.1 Å². The monoisotopic (exact) mass is 941 g/mol. The average Bonchev–Trinajstić information content (AvgIpc) is 3.72. The number of amides is 3. The van der Waals surface area contributed by atoms with E-state index in [1.165, 1.54) is 46.9 Å². The van der Waals surface area contributed by atoms with Gasteiger partial charge in [-0.3, -0.25) is 14.4 Å². The van der Waals surface area contributed by atoms with Crippen LogP contribution in [0, 0.1) is 11.8 Å². The number of hydrogen-bond acceptors (Lipinski definition) is 9. The molecule has 2 rings (SSSR count). The molecule has 41 heteroatoms. The molecule has 73 heavy (non-hydrogen) atoms. The Morgan fingerprint density at radius 1 is 0.726 bits per heavy atom. The van der Waals surface area contributed by atoms with Crippen LogP contribution in [0.1, 0.15) is 52.9 Å². The normalized spacial score (nSPS) is 13.5. The maximum Gasteiger partial charge on any atom is 0.331 e. The second-order valence-electron chi connectivity index (χ2n) is 17.5. The van der Waals surface area contributed by atoms with Crippen LogP contribution in [0.15, 0.2) is 36.0 Å². The number of carbonyl (C=O) groups is 4. The highest BCUT2D eigenvalue weighted by molar-refractivity contribution is 8.02. The van der Waals surface area contributed by atoms with Crippen molar-refractivity contribution in [2.24, 2.45) is 0 Å². The molecule has 1 spiro atoms. The lowest BCUT2D eigenvalue weighted by Gasteiger charge is -2.30. The number of allylic oxidation sites excluding steroid dienone is 2. The zero-order valence-electron chi connectivity index (χ0n) is 44.4. The fourth-order valence-corrected chi connectivity index (χ4v) is 5.41. The van der Waals surface area contributed by atoms with E-state index in [0.717, 1.165) is 18.4 Å².